The Kier molecular flexibility index (Phi) is 3.56. The minimum absolute atomic E-state index is 0.282. The number of methoxy groups -OCH3 is 1. The normalized spacial score (nSPS) is 19.7. The van der Waals surface area contributed by atoms with Gasteiger partial charge in [0.15, 0.2) is 0 Å². The second-order valence-electron chi connectivity index (χ2n) is 4.44. The zero-order chi connectivity index (χ0) is 11.6. The molecule has 0 amide bonds. The van der Waals surface area contributed by atoms with E-state index in [4.69, 9.17) is 4.74 Å². The molecule has 0 bridgehead atoms. The van der Waals surface area contributed by atoms with Gasteiger partial charge in [-0.15, -0.1) is 10.2 Å². The largest absolute Gasteiger partial charge is 0.371 e. The third-order valence-corrected chi connectivity index (χ3v) is 4.33. The molecule has 1 aromatic heterocycles. The average Bonchev–Trinajstić information content (AvgIpc) is 3.02. The summed E-state index contributed by atoms with van der Waals surface area (Å²) in [5.41, 5.74) is -0.282. The number of nitrogens with zero attached hydrogens (tertiary/aromatic N) is 2. The van der Waals surface area contributed by atoms with E-state index in [9.17, 15) is 0 Å². The first kappa shape index (κ1) is 12.0. The predicted molar refractivity (Wildman–Crippen MR) is 64.4 cm³/mol. The molecular formula is C11H19N3OS. The summed E-state index contributed by atoms with van der Waals surface area (Å²) in [6, 6.07) is 0.715. The van der Waals surface area contributed by atoms with E-state index in [1.165, 1.54) is 12.8 Å². The fourth-order valence-corrected chi connectivity index (χ4v) is 2.43. The van der Waals surface area contributed by atoms with Gasteiger partial charge in [-0.1, -0.05) is 18.3 Å². The van der Waals surface area contributed by atoms with Gasteiger partial charge >= 0.3 is 0 Å². The van der Waals surface area contributed by atoms with Crippen molar-refractivity contribution in [2.75, 3.05) is 7.11 Å². The van der Waals surface area contributed by atoms with Crippen LogP contribution in [0.25, 0.3) is 0 Å². The van der Waals surface area contributed by atoms with Crippen LogP contribution in [0, 0.1) is 0 Å². The highest BCUT2D eigenvalue weighted by Crippen LogP contribution is 2.30. The fourth-order valence-electron chi connectivity index (χ4n) is 1.44. The standard InChI is InChI=1S/C11H19N3OS/c1-4-11(2,15-3)10-14-13-9(16-10)7-12-8-5-6-8/h8,12H,4-7H2,1-3H3. The van der Waals surface area contributed by atoms with Crippen LogP contribution in [0.15, 0.2) is 0 Å². The summed E-state index contributed by atoms with van der Waals surface area (Å²) in [5.74, 6) is 0. The van der Waals surface area contributed by atoms with Gasteiger partial charge in [0, 0.05) is 19.7 Å². The number of aromatic nitrogens is 2. The summed E-state index contributed by atoms with van der Waals surface area (Å²) in [6.45, 7) is 5.00. The number of hydrogen-bond donors (Lipinski definition) is 1. The lowest BCUT2D eigenvalue weighted by atomic mass is 10.1. The molecule has 1 N–H and O–H groups in total. The molecule has 1 unspecified atom stereocenters. The zero-order valence-corrected chi connectivity index (χ0v) is 10.9. The van der Waals surface area contributed by atoms with Crippen molar-refractivity contribution in [3.8, 4) is 0 Å². The van der Waals surface area contributed by atoms with Crippen LogP contribution in [-0.2, 0) is 16.9 Å². The van der Waals surface area contributed by atoms with Gasteiger partial charge in [0.05, 0.1) is 0 Å². The SMILES string of the molecule is CCC(C)(OC)c1nnc(CNC2CC2)s1. The van der Waals surface area contributed by atoms with E-state index in [1.807, 2.05) is 0 Å². The Morgan fingerprint density at radius 2 is 2.25 bits per heavy atom. The smallest absolute Gasteiger partial charge is 0.149 e. The number of rotatable bonds is 6. The average molecular weight is 241 g/mol. The number of nitrogens with one attached hydrogen (secondary N) is 1. The molecule has 1 aliphatic carbocycles. The van der Waals surface area contributed by atoms with Crippen molar-refractivity contribution in [3.63, 3.8) is 0 Å². The molecule has 0 aromatic carbocycles. The van der Waals surface area contributed by atoms with Crippen LogP contribution in [0.4, 0.5) is 0 Å². The Bertz CT molecular complexity index is 345. The third kappa shape index (κ3) is 2.59. The van der Waals surface area contributed by atoms with Crippen LogP contribution >= 0.6 is 11.3 Å². The molecule has 1 saturated carbocycles. The fraction of sp³-hybridized carbons (Fsp3) is 0.818. The van der Waals surface area contributed by atoms with Gasteiger partial charge in [-0.2, -0.15) is 0 Å². The van der Waals surface area contributed by atoms with Crippen LogP contribution in [0.1, 0.15) is 43.1 Å². The maximum Gasteiger partial charge on any atom is 0.149 e. The molecule has 5 heteroatoms. The summed E-state index contributed by atoms with van der Waals surface area (Å²) >= 11 is 1.65. The van der Waals surface area contributed by atoms with Gasteiger partial charge in [-0.05, 0) is 26.2 Å². The lowest BCUT2D eigenvalue weighted by molar-refractivity contribution is -0.00207. The Labute approximate surface area is 100 Å². The van der Waals surface area contributed by atoms with Crippen molar-refractivity contribution < 1.29 is 4.74 Å². The van der Waals surface area contributed by atoms with Gasteiger partial charge in [0.1, 0.15) is 15.6 Å². The molecule has 0 aliphatic heterocycles. The first-order valence-corrected chi connectivity index (χ1v) is 6.61. The van der Waals surface area contributed by atoms with Gasteiger partial charge in [-0.3, -0.25) is 0 Å². The van der Waals surface area contributed by atoms with E-state index in [1.54, 1.807) is 18.4 Å². The van der Waals surface area contributed by atoms with Crippen molar-refractivity contribution in [1.82, 2.24) is 15.5 Å². The summed E-state index contributed by atoms with van der Waals surface area (Å²) < 4.78 is 5.51. The lowest BCUT2D eigenvalue weighted by Gasteiger charge is -2.22. The van der Waals surface area contributed by atoms with Crippen LogP contribution in [0.5, 0.6) is 0 Å². The summed E-state index contributed by atoms with van der Waals surface area (Å²) in [4.78, 5) is 0. The van der Waals surface area contributed by atoms with Crippen molar-refractivity contribution in [1.29, 1.82) is 0 Å². The zero-order valence-electron chi connectivity index (χ0n) is 10.1. The second kappa shape index (κ2) is 4.77. The molecule has 90 valence electrons. The lowest BCUT2D eigenvalue weighted by Crippen LogP contribution is -2.22. The molecule has 0 spiro atoms. The first-order chi connectivity index (χ1) is 7.68. The highest BCUT2D eigenvalue weighted by molar-refractivity contribution is 7.11. The Balaban J connectivity index is 1.99. The second-order valence-corrected chi connectivity index (χ2v) is 5.51. The van der Waals surface area contributed by atoms with E-state index in [0.717, 1.165) is 23.0 Å². The van der Waals surface area contributed by atoms with Crippen molar-refractivity contribution in [3.05, 3.63) is 10.0 Å². The van der Waals surface area contributed by atoms with Crippen molar-refractivity contribution >= 4 is 11.3 Å². The monoisotopic (exact) mass is 241 g/mol. The summed E-state index contributed by atoms with van der Waals surface area (Å²) in [7, 11) is 1.73. The Morgan fingerprint density at radius 1 is 1.50 bits per heavy atom. The van der Waals surface area contributed by atoms with Crippen LogP contribution in [-0.4, -0.2) is 23.3 Å². The molecule has 4 nitrogen and oxygen atoms in total. The summed E-state index contributed by atoms with van der Waals surface area (Å²) in [5, 5.41) is 13.9. The van der Waals surface area contributed by atoms with E-state index >= 15 is 0 Å². The van der Waals surface area contributed by atoms with Crippen molar-refractivity contribution in [2.45, 2.75) is 51.3 Å². The quantitative estimate of drug-likeness (QED) is 0.828. The van der Waals surface area contributed by atoms with Crippen molar-refractivity contribution in [2.24, 2.45) is 0 Å². The molecule has 1 aromatic rings. The summed E-state index contributed by atoms with van der Waals surface area (Å²) in [6.07, 6.45) is 3.51. The van der Waals surface area contributed by atoms with E-state index in [-0.39, 0.29) is 5.60 Å². The van der Waals surface area contributed by atoms with E-state index < -0.39 is 0 Å². The maximum absolute atomic E-state index is 5.51. The first-order valence-electron chi connectivity index (χ1n) is 5.79. The number of hydrogen-bond acceptors (Lipinski definition) is 5. The molecule has 2 rings (SSSR count). The van der Waals surface area contributed by atoms with Crippen LogP contribution in [0.2, 0.25) is 0 Å². The maximum atomic E-state index is 5.51. The van der Waals surface area contributed by atoms with E-state index in [0.29, 0.717) is 6.04 Å². The van der Waals surface area contributed by atoms with Gasteiger partial charge in [0.2, 0.25) is 0 Å². The molecular weight excluding hydrogens is 222 g/mol. The van der Waals surface area contributed by atoms with Gasteiger partial charge in [0.25, 0.3) is 0 Å². The minimum atomic E-state index is -0.282. The highest BCUT2D eigenvalue weighted by Gasteiger charge is 2.29. The van der Waals surface area contributed by atoms with Crippen LogP contribution < -0.4 is 5.32 Å². The molecule has 0 saturated heterocycles. The number of ether oxygens (including phenoxy) is 1. The molecule has 1 atom stereocenters. The topological polar surface area (TPSA) is 47.0 Å². The van der Waals surface area contributed by atoms with E-state index in [2.05, 4.69) is 29.4 Å². The minimum Gasteiger partial charge on any atom is -0.371 e. The predicted octanol–water partition coefficient (Wildman–Crippen LogP) is 2.06. The van der Waals surface area contributed by atoms with Crippen LogP contribution in [0.3, 0.4) is 0 Å². The Morgan fingerprint density at radius 3 is 2.81 bits per heavy atom. The molecule has 1 fully saturated rings. The van der Waals surface area contributed by atoms with Gasteiger partial charge < -0.3 is 10.1 Å². The third-order valence-electron chi connectivity index (χ3n) is 3.16. The molecule has 1 heterocycles. The molecule has 16 heavy (non-hydrogen) atoms. The highest BCUT2D eigenvalue weighted by atomic mass is 32.1. The molecule has 1 aliphatic rings. The molecule has 0 radical (unpaired) electrons. The Hall–Kier alpha value is -0.520. The van der Waals surface area contributed by atoms with Gasteiger partial charge in [-0.25, -0.2) is 0 Å².